The van der Waals surface area contributed by atoms with Crippen molar-refractivity contribution in [3.8, 4) is 0 Å². The first-order valence-corrected chi connectivity index (χ1v) is 14.3. The molecule has 0 aromatic heterocycles. The monoisotopic (exact) mass is 532 g/mol. The highest BCUT2D eigenvalue weighted by Crippen LogP contribution is 2.22. The predicted molar refractivity (Wildman–Crippen MR) is 148 cm³/mol. The van der Waals surface area contributed by atoms with E-state index in [-0.39, 0.29) is 25.9 Å². The zero-order valence-corrected chi connectivity index (χ0v) is 23.5. The second kappa shape index (κ2) is 17.1. The van der Waals surface area contributed by atoms with E-state index in [9.17, 15) is 19.5 Å². The van der Waals surface area contributed by atoms with Gasteiger partial charge in [0.15, 0.2) is 0 Å². The molecule has 38 heavy (non-hydrogen) atoms. The topological polar surface area (TPSA) is 114 Å². The summed E-state index contributed by atoms with van der Waals surface area (Å²) in [6, 6.07) is 9.68. The van der Waals surface area contributed by atoms with E-state index in [1.807, 2.05) is 18.2 Å². The van der Waals surface area contributed by atoms with Crippen LogP contribution in [0.5, 0.6) is 0 Å². The molecule has 2 aliphatic carbocycles. The van der Waals surface area contributed by atoms with Gasteiger partial charge in [0.1, 0.15) is 18.2 Å². The predicted octanol–water partition coefficient (Wildman–Crippen LogP) is 6.12. The minimum Gasteiger partial charge on any atom is -0.480 e. The van der Waals surface area contributed by atoms with E-state index in [4.69, 9.17) is 9.47 Å². The quantitative estimate of drug-likeness (QED) is 0.311. The molecule has 1 amide bonds. The first-order chi connectivity index (χ1) is 18.1. The van der Waals surface area contributed by atoms with Gasteiger partial charge in [0, 0.05) is 18.5 Å². The maximum Gasteiger partial charge on any atom is 0.408 e. The highest BCUT2D eigenvalue weighted by molar-refractivity contribution is 5.80. The second-order valence-corrected chi connectivity index (χ2v) is 11.4. The number of carboxylic acid groups (broad SMARTS) is 1. The van der Waals surface area contributed by atoms with Gasteiger partial charge in [-0.05, 0) is 64.9 Å². The summed E-state index contributed by atoms with van der Waals surface area (Å²) in [6.45, 7) is 5.33. The molecule has 1 aromatic carbocycles. The molecule has 0 aliphatic heterocycles. The zero-order chi connectivity index (χ0) is 27.8. The molecular formula is C30H48N2O6. The van der Waals surface area contributed by atoms with Gasteiger partial charge in [-0.15, -0.1) is 0 Å². The van der Waals surface area contributed by atoms with Crippen LogP contribution in [-0.4, -0.2) is 46.9 Å². The van der Waals surface area contributed by atoms with Gasteiger partial charge in [-0.1, -0.05) is 68.9 Å². The maximum absolute atomic E-state index is 11.7. The van der Waals surface area contributed by atoms with Crippen LogP contribution in [-0.2, 0) is 25.7 Å². The summed E-state index contributed by atoms with van der Waals surface area (Å²) in [5.74, 6) is -1.58. The lowest BCUT2D eigenvalue weighted by Crippen LogP contribution is -2.41. The molecule has 8 heteroatoms. The molecular weight excluding hydrogens is 484 g/mol. The molecule has 214 valence electrons. The maximum atomic E-state index is 11.7. The van der Waals surface area contributed by atoms with E-state index >= 15 is 0 Å². The van der Waals surface area contributed by atoms with E-state index in [1.165, 1.54) is 64.2 Å². The second-order valence-electron chi connectivity index (χ2n) is 11.4. The summed E-state index contributed by atoms with van der Waals surface area (Å²) < 4.78 is 10.1. The molecule has 0 spiro atoms. The van der Waals surface area contributed by atoms with E-state index in [2.05, 4.69) is 10.6 Å². The van der Waals surface area contributed by atoms with Crippen molar-refractivity contribution in [2.45, 2.75) is 135 Å². The van der Waals surface area contributed by atoms with Crippen LogP contribution in [0.15, 0.2) is 30.3 Å². The molecule has 3 N–H and O–H groups in total. The van der Waals surface area contributed by atoms with Crippen LogP contribution in [0, 0.1) is 0 Å². The number of nitrogens with one attached hydrogen (secondary N) is 2. The van der Waals surface area contributed by atoms with Crippen LogP contribution >= 0.6 is 0 Å². The summed E-state index contributed by atoms with van der Waals surface area (Å²) >= 11 is 0. The fourth-order valence-corrected chi connectivity index (χ4v) is 4.88. The van der Waals surface area contributed by atoms with Gasteiger partial charge in [-0.2, -0.15) is 0 Å². The molecule has 1 atom stereocenters. The van der Waals surface area contributed by atoms with Crippen molar-refractivity contribution >= 4 is 18.0 Å². The van der Waals surface area contributed by atoms with Crippen LogP contribution in [0.1, 0.15) is 110 Å². The van der Waals surface area contributed by atoms with E-state index in [0.29, 0.717) is 0 Å². The number of carbonyl (C=O) groups excluding carboxylic acids is 2. The molecule has 2 aliphatic rings. The molecule has 1 aromatic rings. The summed E-state index contributed by atoms with van der Waals surface area (Å²) in [7, 11) is 0. The number of carboxylic acids is 1. The third-order valence-corrected chi connectivity index (χ3v) is 6.78. The van der Waals surface area contributed by atoms with Crippen molar-refractivity contribution in [3.05, 3.63) is 35.9 Å². The molecule has 8 nitrogen and oxygen atoms in total. The Hall–Kier alpha value is -2.61. The average molecular weight is 533 g/mol. The number of carbonyl (C=O) groups is 3. The van der Waals surface area contributed by atoms with Gasteiger partial charge in [0.05, 0.1) is 0 Å². The Balaban J connectivity index is 0.000000323. The Labute approximate surface area is 228 Å². The van der Waals surface area contributed by atoms with Gasteiger partial charge in [-0.25, -0.2) is 9.59 Å². The fraction of sp³-hybridized carbons (Fsp3) is 0.700. The molecule has 2 fully saturated rings. The fourth-order valence-electron chi connectivity index (χ4n) is 4.88. The molecule has 2 saturated carbocycles. The molecule has 0 bridgehead atoms. The molecule has 0 radical (unpaired) electrons. The summed E-state index contributed by atoms with van der Waals surface area (Å²) in [6.07, 6.45) is 14.2. The normalized spacial score (nSPS) is 17.4. The highest BCUT2D eigenvalue weighted by Gasteiger charge is 2.22. The Morgan fingerprint density at radius 1 is 0.921 bits per heavy atom. The van der Waals surface area contributed by atoms with Crippen LogP contribution in [0.2, 0.25) is 0 Å². The third kappa shape index (κ3) is 14.4. The Morgan fingerprint density at radius 3 is 1.97 bits per heavy atom. The number of ether oxygens (including phenoxy) is 2. The van der Waals surface area contributed by atoms with Crippen molar-refractivity contribution < 1.29 is 29.0 Å². The average Bonchev–Trinajstić information content (AvgIpc) is 2.88. The van der Waals surface area contributed by atoms with E-state index in [1.54, 1.807) is 32.9 Å². The Kier molecular flexibility index (Phi) is 14.2. The van der Waals surface area contributed by atoms with Gasteiger partial charge in [0.2, 0.25) is 0 Å². The lowest BCUT2D eigenvalue weighted by atomic mass is 9.91. The van der Waals surface area contributed by atoms with Crippen LogP contribution in [0.4, 0.5) is 4.79 Å². The van der Waals surface area contributed by atoms with Gasteiger partial charge in [0.25, 0.3) is 0 Å². The number of benzene rings is 1. The third-order valence-electron chi connectivity index (χ3n) is 6.78. The first kappa shape index (κ1) is 31.6. The number of rotatable bonds is 10. The van der Waals surface area contributed by atoms with Gasteiger partial charge in [-0.3, -0.25) is 4.79 Å². The SMILES string of the molecule is C1CCC(NC2CCCCC2)CC1.CC(C)(C)OC(=O)CCC[C@@H](NC(=O)OCc1ccccc1)C(=O)O. The number of esters is 1. The molecule has 0 heterocycles. The Morgan fingerprint density at radius 2 is 1.47 bits per heavy atom. The number of amides is 1. The lowest BCUT2D eigenvalue weighted by Gasteiger charge is -2.30. The summed E-state index contributed by atoms with van der Waals surface area (Å²) in [5.41, 5.74) is 0.220. The zero-order valence-electron chi connectivity index (χ0n) is 23.5. The Bertz CT molecular complexity index is 811. The lowest BCUT2D eigenvalue weighted by molar-refractivity contribution is -0.155. The highest BCUT2D eigenvalue weighted by atomic mass is 16.6. The van der Waals surface area contributed by atoms with Crippen molar-refractivity contribution in [3.63, 3.8) is 0 Å². The number of aliphatic carboxylic acids is 1. The minimum atomic E-state index is -1.18. The molecule has 3 rings (SSSR count). The number of hydrogen-bond acceptors (Lipinski definition) is 6. The van der Waals surface area contributed by atoms with E-state index < -0.39 is 29.7 Å². The largest absolute Gasteiger partial charge is 0.480 e. The standard InChI is InChI=1S/C18H25NO6.C12H23N/c1-18(2,3)25-15(20)11-7-10-14(16(21)22)19-17(23)24-12-13-8-5-4-6-9-13;1-3-7-11(8-4-1)13-12-9-5-2-6-10-12/h4-6,8-9,14H,7,10-12H2,1-3H3,(H,19,23)(H,21,22);11-13H,1-10H2/t14-;/m1./s1. The van der Waals surface area contributed by atoms with Gasteiger partial charge < -0.3 is 25.2 Å². The summed E-state index contributed by atoms with van der Waals surface area (Å²) in [4.78, 5) is 34.6. The summed E-state index contributed by atoms with van der Waals surface area (Å²) in [5, 5.41) is 15.3. The first-order valence-electron chi connectivity index (χ1n) is 14.3. The number of alkyl carbamates (subject to hydrolysis) is 1. The van der Waals surface area contributed by atoms with Crippen molar-refractivity contribution in [2.75, 3.05) is 0 Å². The van der Waals surface area contributed by atoms with Crippen LogP contribution in [0.3, 0.4) is 0 Å². The minimum absolute atomic E-state index is 0.0525. The van der Waals surface area contributed by atoms with Crippen molar-refractivity contribution in [2.24, 2.45) is 0 Å². The van der Waals surface area contributed by atoms with E-state index in [0.717, 1.165) is 17.6 Å². The van der Waals surface area contributed by atoms with Gasteiger partial charge >= 0.3 is 18.0 Å². The number of hydrogen-bond donors (Lipinski definition) is 3. The van der Waals surface area contributed by atoms with Crippen molar-refractivity contribution in [1.82, 2.24) is 10.6 Å². The molecule has 0 saturated heterocycles. The van der Waals surface area contributed by atoms with Crippen LogP contribution < -0.4 is 10.6 Å². The molecule has 0 unspecified atom stereocenters. The van der Waals surface area contributed by atoms with Crippen LogP contribution in [0.25, 0.3) is 0 Å². The van der Waals surface area contributed by atoms with Crippen molar-refractivity contribution in [1.29, 1.82) is 0 Å². The smallest absolute Gasteiger partial charge is 0.408 e.